The van der Waals surface area contributed by atoms with Crippen LogP contribution in [-0.4, -0.2) is 6.04 Å². The smallest absolute Gasteiger partial charge is 0.00412 e. The topological polar surface area (TPSA) is 26.0 Å². The summed E-state index contributed by atoms with van der Waals surface area (Å²) in [6.07, 6.45) is 3.48. The van der Waals surface area contributed by atoms with Gasteiger partial charge in [0.2, 0.25) is 0 Å². The van der Waals surface area contributed by atoms with E-state index < -0.39 is 0 Å². The van der Waals surface area contributed by atoms with Crippen LogP contribution >= 0.6 is 0 Å². The van der Waals surface area contributed by atoms with Crippen LogP contribution in [0.2, 0.25) is 0 Å². The molecule has 0 bridgehead atoms. The molecule has 1 unspecified atom stereocenters. The fourth-order valence-corrected chi connectivity index (χ4v) is 0.998. The highest BCUT2D eigenvalue weighted by Gasteiger charge is 2.17. The van der Waals surface area contributed by atoms with Crippen LogP contribution in [0.3, 0.4) is 0 Å². The quantitative estimate of drug-likeness (QED) is 0.643. The summed E-state index contributed by atoms with van der Waals surface area (Å²) in [5.74, 6) is 0. The molecule has 0 heterocycles. The first-order valence-corrected chi connectivity index (χ1v) is 4.27. The molecule has 0 spiro atoms. The second-order valence-corrected chi connectivity index (χ2v) is 3.89. The van der Waals surface area contributed by atoms with Gasteiger partial charge in [-0.05, 0) is 18.3 Å². The molecule has 2 N–H and O–H groups in total. The highest BCUT2D eigenvalue weighted by molar-refractivity contribution is 4.72. The van der Waals surface area contributed by atoms with E-state index in [2.05, 4.69) is 27.7 Å². The van der Waals surface area contributed by atoms with Crippen molar-refractivity contribution in [3.63, 3.8) is 0 Å². The van der Waals surface area contributed by atoms with Gasteiger partial charge in [-0.15, -0.1) is 0 Å². The third-order valence-electron chi connectivity index (χ3n) is 2.30. The largest absolute Gasteiger partial charge is 0.328 e. The van der Waals surface area contributed by atoms with Gasteiger partial charge in [-0.1, -0.05) is 34.1 Å². The predicted octanol–water partition coefficient (Wildman–Crippen LogP) is 2.55. The zero-order valence-corrected chi connectivity index (χ0v) is 7.78. The number of rotatable bonds is 4. The third kappa shape index (κ3) is 3.89. The highest BCUT2D eigenvalue weighted by Crippen LogP contribution is 2.25. The molecule has 1 atom stereocenters. The first-order valence-electron chi connectivity index (χ1n) is 4.27. The molecule has 0 saturated carbocycles. The van der Waals surface area contributed by atoms with E-state index in [-0.39, 0.29) is 0 Å². The van der Waals surface area contributed by atoms with Crippen LogP contribution in [0.25, 0.3) is 0 Å². The lowest BCUT2D eigenvalue weighted by Crippen LogP contribution is -2.26. The van der Waals surface area contributed by atoms with E-state index in [1.165, 1.54) is 6.42 Å². The van der Waals surface area contributed by atoms with Crippen molar-refractivity contribution < 1.29 is 0 Å². The molecule has 1 nitrogen and oxygen atoms in total. The molecule has 0 amide bonds. The van der Waals surface area contributed by atoms with E-state index in [0.717, 1.165) is 12.8 Å². The van der Waals surface area contributed by atoms with Gasteiger partial charge in [0.15, 0.2) is 0 Å². The lowest BCUT2D eigenvalue weighted by Gasteiger charge is -2.25. The summed E-state index contributed by atoms with van der Waals surface area (Å²) in [7, 11) is 0. The minimum Gasteiger partial charge on any atom is -0.328 e. The minimum atomic E-state index is 0.398. The average molecular weight is 143 g/mol. The Morgan fingerprint density at radius 3 is 2.10 bits per heavy atom. The molecule has 10 heavy (non-hydrogen) atoms. The molecule has 0 rings (SSSR count). The SMILES string of the molecule is CCC(N)CC(C)(C)CC. The summed E-state index contributed by atoms with van der Waals surface area (Å²) >= 11 is 0. The fourth-order valence-electron chi connectivity index (χ4n) is 0.998. The number of hydrogen-bond donors (Lipinski definition) is 1. The van der Waals surface area contributed by atoms with E-state index in [0.29, 0.717) is 11.5 Å². The Balaban J connectivity index is 3.64. The standard InChI is InChI=1S/C9H21N/c1-5-8(10)7-9(3,4)6-2/h8H,5-7,10H2,1-4H3. The minimum absolute atomic E-state index is 0.398. The lowest BCUT2D eigenvalue weighted by atomic mass is 9.83. The van der Waals surface area contributed by atoms with Crippen LogP contribution in [-0.2, 0) is 0 Å². The van der Waals surface area contributed by atoms with Gasteiger partial charge in [-0.2, -0.15) is 0 Å². The summed E-state index contributed by atoms with van der Waals surface area (Å²) in [6, 6.07) is 0.398. The van der Waals surface area contributed by atoms with Crippen molar-refractivity contribution in [1.29, 1.82) is 0 Å². The van der Waals surface area contributed by atoms with Crippen molar-refractivity contribution in [2.75, 3.05) is 0 Å². The Bertz CT molecular complexity index is 86.7. The van der Waals surface area contributed by atoms with Crippen molar-refractivity contribution in [3.8, 4) is 0 Å². The lowest BCUT2D eigenvalue weighted by molar-refractivity contribution is 0.290. The van der Waals surface area contributed by atoms with E-state index >= 15 is 0 Å². The second-order valence-electron chi connectivity index (χ2n) is 3.89. The van der Waals surface area contributed by atoms with Gasteiger partial charge in [0.25, 0.3) is 0 Å². The summed E-state index contributed by atoms with van der Waals surface area (Å²) in [5, 5.41) is 0. The molecular weight excluding hydrogens is 122 g/mol. The number of hydrogen-bond acceptors (Lipinski definition) is 1. The molecule has 0 aromatic carbocycles. The van der Waals surface area contributed by atoms with Gasteiger partial charge in [0, 0.05) is 6.04 Å². The van der Waals surface area contributed by atoms with Crippen molar-refractivity contribution in [1.82, 2.24) is 0 Å². The summed E-state index contributed by atoms with van der Waals surface area (Å²) < 4.78 is 0. The van der Waals surface area contributed by atoms with E-state index in [4.69, 9.17) is 5.73 Å². The molecule has 62 valence electrons. The maximum Gasteiger partial charge on any atom is 0.00412 e. The number of nitrogens with two attached hydrogens (primary N) is 1. The Morgan fingerprint density at radius 2 is 1.80 bits per heavy atom. The van der Waals surface area contributed by atoms with Gasteiger partial charge >= 0.3 is 0 Å². The molecule has 0 saturated heterocycles. The Morgan fingerprint density at radius 1 is 1.30 bits per heavy atom. The normalized spacial score (nSPS) is 15.3. The van der Waals surface area contributed by atoms with Crippen molar-refractivity contribution in [3.05, 3.63) is 0 Å². The average Bonchev–Trinajstić information content (AvgIpc) is 1.87. The molecule has 0 aliphatic heterocycles. The van der Waals surface area contributed by atoms with Crippen molar-refractivity contribution >= 4 is 0 Å². The molecular formula is C9H21N. The Hall–Kier alpha value is -0.0400. The van der Waals surface area contributed by atoms with Gasteiger partial charge in [-0.3, -0.25) is 0 Å². The molecule has 0 aromatic heterocycles. The maximum atomic E-state index is 5.83. The van der Waals surface area contributed by atoms with E-state index in [1.54, 1.807) is 0 Å². The molecule has 0 aromatic rings. The molecule has 1 heteroatoms. The maximum absolute atomic E-state index is 5.83. The second kappa shape index (κ2) is 3.97. The third-order valence-corrected chi connectivity index (χ3v) is 2.30. The fraction of sp³-hybridized carbons (Fsp3) is 1.00. The first-order chi connectivity index (χ1) is 4.52. The molecule has 0 fully saturated rings. The van der Waals surface area contributed by atoms with Crippen LogP contribution in [0.5, 0.6) is 0 Å². The van der Waals surface area contributed by atoms with Gasteiger partial charge in [0.05, 0.1) is 0 Å². The molecule has 0 aliphatic rings. The van der Waals surface area contributed by atoms with Crippen molar-refractivity contribution in [2.45, 2.75) is 53.0 Å². The van der Waals surface area contributed by atoms with E-state index in [1.807, 2.05) is 0 Å². The van der Waals surface area contributed by atoms with Crippen LogP contribution in [0.4, 0.5) is 0 Å². The first kappa shape index (κ1) is 9.96. The molecule has 0 aliphatic carbocycles. The zero-order valence-electron chi connectivity index (χ0n) is 7.78. The predicted molar refractivity (Wildman–Crippen MR) is 47.0 cm³/mol. The Kier molecular flexibility index (Phi) is 3.95. The summed E-state index contributed by atoms with van der Waals surface area (Å²) in [4.78, 5) is 0. The van der Waals surface area contributed by atoms with Crippen LogP contribution < -0.4 is 5.73 Å². The van der Waals surface area contributed by atoms with Crippen LogP contribution in [0.1, 0.15) is 47.0 Å². The van der Waals surface area contributed by atoms with Gasteiger partial charge in [-0.25, -0.2) is 0 Å². The highest BCUT2D eigenvalue weighted by atomic mass is 14.6. The van der Waals surface area contributed by atoms with Crippen molar-refractivity contribution in [2.24, 2.45) is 11.1 Å². The van der Waals surface area contributed by atoms with Crippen LogP contribution in [0.15, 0.2) is 0 Å². The van der Waals surface area contributed by atoms with Gasteiger partial charge in [0.1, 0.15) is 0 Å². The Labute approximate surface area is 65.0 Å². The van der Waals surface area contributed by atoms with E-state index in [9.17, 15) is 0 Å². The summed E-state index contributed by atoms with van der Waals surface area (Å²) in [6.45, 7) is 8.93. The van der Waals surface area contributed by atoms with Gasteiger partial charge < -0.3 is 5.73 Å². The monoisotopic (exact) mass is 143 g/mol. The molecule has 0 radical (unpaired) electrons. The van der Waals surface area contributed by atoms with Crippen LogP contribution in [0, 0.1) is 5.41 Å². The zero-order chi connectivity index (χ0) is 8.20. The summed E-state index contributed by atoms with van der Waals surface area (Å²) in [5.41, 5.74) is 6.27.